The minimum atomic E-state index is -2.02. The van der Waals surface area contributed by atoms with Gasteiger partial charge in [0.1, 0.15) is 0 Å². The molecule has 1 aliphatic heterocycles. The number of likely N-dealkylation sites (tertiary alicyclic amines) is 1. The second-order valence-corrected chi connectivity index (χ2v) is 6.59. The summed E-state index contributed by atoms with van der Waals surface area (Å²) in [5.41, 5.74) is 0.189. The highest BCUT2D eigenvalue weighted by Gasteiger charge is 2.45. The average molecular weight is 330 g/mol. The highest BCUT2D eigenvalue weighted by atomic mass is 32.1. The van der Waals surface area contributed by atoms with Gasteiger partial charge >= 0.3 is 0 Å². The lowest BCUT2D eigenvalue weighted by atomic mass is 10.0. The van der Waals surface area contributed by atoms with Gasteiger partial charge in [0.05, 0.1) is 17.2 Å². The normalized spacial score (nSPS) is 20.3. The van der Waals surface area contributed by atoms with Crippen LogP contribution >= 0.6 is 11.3 Å². The first-order valence-electron chi connectivity index (χ1n) is 7.18. The van der Waals surface area contributed by atoms with Crippen molar-refractivity contribution in [2.45, 2.75) is 19.0 Å². The van der Waals surface area contributed by atoms with Crippen molar-refractivity contribution >= 4 is 22.9 Å². The minimum absolute atomic E-state index is 0.0252. The molecule has 1 aliphatic rings. The molecule has 1 unspecified atom stereocenters. The van der Waals surface area contributed by atoms with Crippen molar-refractivity contribution in [2.75, 3.05) is 18.4 Å². The SMILES string of the molecule is Cc1nc(-c2cccc(NC(=O)C3(F)CCN(C#N)C3)c2)cs1. The fourth-order valence-electron chi connectivity index (χ4n) is 2.54. The Morgan fingerprint density at radius 1 is 1.57 bits per heavy atom. The summed E-state index contributed by atoms with van der Waals surface area (Å²) in [5, 5.41) is 14.3. The number of aromatic nitrogens is 1. The molecule has 7 heteroatoms. The number of halogens is 1. The maximum absolute atomic E-state index is 14.6. The van der Waals surface area contributed by atoms with Crippen molar-refractivity contribution in [3.8, 4) is 17.5 Å². The van der Waals surface area contributed by atoms with Gasteiger partial charge in [-0.1, -0.05) is 12.1 Å². The number of nitrogens with one attached hydrogen (secondary N) is 1. The standard InChI is InChI=1S/C16H15FN4OS/c1-11-19-14(8-23-11)12-3-2-4-13(7-12)20-15(22)16(17)5-6-21(9-16)10-18/h2-4,7-8H,5-6,9H2,1H3,(H,20,22). The molecule has 118 valence electrons. The lowest BCUT2D eigenvalue weighted by molar-refractivity contribution is -0.126. The number of nitrogens with zero attached hydrogens (tertiary/aromatic N) is 3. The van der Waals surface area contributed by atoms with Crippen LogP contribution in [0.15, 0.2) is 29.6 Å². The molecule has 0 spiro atoms. The van der Waals surface area contributed by atoms with E-state index in [9.17, 15) is 9.18 Å². The molecule has 0 aliphatic carbocycles. The molecule has 2 heterocycles. The van der Waals surface area contributed by atoms with E-state index in [2.05, 4.69) is 10.3 Å². The number of rotatable bonds is 3. The number of thiazole rings is 1. The van der Waals surface area contributed by atoms with Crippen LogP contribution in [0, 0.1) is 18.4 Å². The Morgan fingerprint density at radius 3 is 3.04 bits per heavy atom. The molecule has 0 bridgehead atoms. The molecule has 0 saturated carbocycles. The number of aryl methyl sites for hydroxylation is 1. The number of carbonyl (C=O) groups is 1. The zero-order chi connectivity index (χ0) is 16.4. The van der Waals surface area contributed by atoms with Crippen molar-refractivity contribution in [1.82, 2.24) is 9.88 Å². The monoisotopic (exact) mass is 330 g/mol. The fourth-order valence-corrected chi connectivity index (χ4v) is 3.16. The van der Waals surface area contributed by atoms with E-state index in [0.717, 1.165) is 16.3 Å². The molecule has 1 N–H and O–H groups in total. The first-order chi connectivity index (χ1) is 11.0. The fraction of sp³-hybridized carbons (Fsp3) is 0.312. The summed E-state index contributed by atoms with van der Waals surface area (Å²) in [6, 6.07) is 7.16. The Morgan fingerprint density at radius 2 is 2.39 bits per heavy atom. The Bertz CT molecular complexity index is 784. The van der Waals surface area contributed by atoms with Crippen molar-refractivity contribution in [3.05, 3.63) is 34.7 Å². The van der Waals surface area contributed by atoms with Gasteiger partial charge in [0.2, 0.25) is 5.67 Å². The van der Waals surface area contributed by atoms with Gasteiger partial charge in [-0.05, 0) is 19.1 Å². The first-order valence-corrected chi connectivity index (χ1v) is 8.06. The zero-order valence-corrected chi connectivity index (χ0v) is 13.4. The summed E-state index contributed by atoms with van der Waals surface area (Å²) in [6.45, 7) is 1.99. The number of alkyl halides is 1. The van der Waals surface area contributed by atoms with E-state index in [0.29, 0.717) is 5.69 Å². The first kappa shape index (κ1) is 15.4. The molecule has 1 atom stereocenters. The number of anilines is 1. The van der Waals surface area contributed by atoms with Crippen molar-refractivity contribution in [3.63, 3.8) is 0 Å². The van der Waals surface area contributed by atoms with E-state index in [1.54, 1.807) is 29.5 Å². The van der Waals surface area contributed by atoms with Gasteiger partial charge in [0, 0.05) is 29.6 Å². The molecule has 0 radical (unpaired) electrons. The van der Waals surface area contributed by atoms with Crippen LogP contribution in [-0.4, -0.2) is 34.5 Å². The summed E-state index contributed by atoms with van der Waals surface area (Å²) < 4.78 is 14.6. The number of hydrogen-bond donors (Lipinski definition) is 1. The van der Waals surface area contributed by atoms with Crippen LogP contribution in [0.5, 0.6) is 0 Å². The molecule has 3 rings (SSSR count). The smallest absolute Gasteiger partial charge is 0.264 e. The van der Waals surface area contributed by atoms with Crippen LogP contribution in [0.1, 0.15) is 11.4 Å². The molecule has 1 fully saturated rings. The van der Waals surface area contributed by atoms with Gasteiger partial charge in [-0.3, -0.25) is 4.79 Å². The minimum Gasteiger partial charge on any atom is -0.323 e. The molecule has 1 aromatic carbocycles. The summed E-state index contributed by atoms with van der Waals surface area (Å²) in [6.07, 6.45) is 1.90. The van der Waals surface area contributed by atoms with Gasteiger partial charge in [0.25, 0.3) is 5.91 Å². The average Bonchev–Trinajstić information content (AvgIpc) is 3.14. The third-order valence-corrected chi connectivity index (χ3v) is 4.58. The Balaban J connectivity index is 1.76. The number of nitriles is 1. The van der Waals surface area contributed by atoms with Gasteiger partial charge < -0.3 is 10.2 Å². The molecular weight excluding hydrogens is 315 g/mol. The summed E-state index contributed by atoms with van der Waals surface area (Å²) >= 11 is 1.55. The zero-order valence-electron chi connectivity index (χ0n) is 12.5. The predicted octanol–water partition coefficient (Wildman–Crippen LogP) is 2.95. The second kappa shape index (κ2) is 5.97. The lowest BCUT2D eigenvalue weighted by Gasteiger charge is -2.18. The van der Waals surface area contributed by atoms with E-state index < -0.39 is 11.6 Å². The highest BCUT2D eigenvalue weighted by Crippen LogP contribution is 2.28. The molecule has 1 amide bonds. The van der Waals surface area contributed by atoms with Gasteiger partial charge in [0.15, 0.2) is 6.19 Å². The largest absolute Gasteiger partial charge is 0.323 e. The number of carbonyl (C=O) groups excluding carboxylic acids is 1. The Kier molecular flexibility index (Phi) is 4.01. The van der Waals surface area contributed by atoms with Gasteiger partial charge in [-0.2, -0.15) is 5.26 Å². The molecule has 1 saturated heterocycles. The van der Waals surface area contributed by atoms with Gasteiger partial charge in [-0.25, -0.2) is 9.37 Å². The topological polar surface area (TPSA) is 69.0 Å². The van der Waals surface area contributed by atoms with E-state index in [-0.39, 0.29) is 19.5 Å². The molecule has 23 heavy (non-hydrogen) atoms. The molecule has 1 aromatic heterocycles. The summed E-state index contributed by atoms with van der Waals surface area (Å²) in [4.78, 5) is 17.9. The summed E-state index contributed by atoms with van der Waals surface area (Å²) in [7, 11) is 0. The predicted molar refractivity (Wildman–Crippen MR) is 86.6 cm³/mol. The maximum atomic E-state index is 14.6. The van der Waals surface area contributed by atoms with E-state index >= 15 is 0 Å². The highest BCUT2D eigenvalue weighted by molar-refractivity contribution is 7.09. The van der Waals surface area contributed by atoms with Crippen LogP contribution in [0.2, 0.25) is 0 Å². The van der Waals surface area contributed by atoms with E-state index in [1.807, 2.05) is 24.6 Å². The Hall–Kier alpha value is -2.46. The quantitative estimate of drug-likeness (QED) is 0.879. The van der Waals surface area contributed by atoms with Crippen molar-refractivity contribution in [2.24, 2.45) is 0 Å². The van der Waals surface area contributed by atoms with Crippen molar-refractivity contribution < 1.29 is 9.18 Å². The van der Waals surface area contributed by atoms with Crippen LogP contribution < -0.4 is 5.32 Å². The third-order valence-electron chi connectivity index (χ3n) is 3.80. The molecular formula is C16H15FN4OS. The number of amides is 1. The molecule has 5 nitrogen and oxygen atoms in total. The van der Waals surface area contributed by atoms with E-state index in [4.69, 9.17) is 5.26 Å². The maximum Gasteiger partial charge on any atom is 0.264 e. The van der Waals surface area contributed by atoms with Crippen molar-refractivity contribution in [1.29, 1.82) is 5.26 Å². The third kappa shape index (κ3) is 3.17. The Labute approximate surface area is 137 Å². The number of hydrogen-bond acceptors (Lipinski definition) is 5. The van der Waals surface area contributed by atoms with Crippen LogP contribution in [0.4, 0.5) is 10.1 Å². The van der Waals surface area contributed by atoms with Crippen LogP contribution in [-0.2, 0) is 4.79 Å². The second-order valence-electron chi connectivity index (χ2n) is 5.52. The summed E-state index contributed by atoms with van der Waals surface area (Å²) in [5.74, 6) is -0.707. The van der Waals surface area contributed by atoms with Crippen LogP contribution in [0.25, 0.3) is 11.3 Å². The molecule has 2 aromatic rings. The number of benzene rings is 1. The lowest BCUT2D eigenvalue weighted by Crippen LogP contribution is -2.40. The van der Waals surface area contributed by atoms with Crippen LogP contribution in [0.3, 0.4) is 0 Å². The van der Waals surface area contributed by atoms with E-state index in [1.165, 1.54) is 4.90 Å². The van der Waals surface area contributed by atoms with Gasteiger partial charge in [-0.15, -0.1) is 11.3 Å².